The molecule has 3 amide bonds. The van der Waals surface area contributed by atoms with E-state index in [-0.39, 0.29) is 35.6 Å². The van der Waals surface area contributed by atoms with Crippen molar-refractivity contribution in [3.8, 4) is 28.0 Å². The van der Waals surface area contributed by atoms with Gasteiger partial charge in [-0.1, -0.05) is 17.4 Å². The molecule has 8 rings (SSSR count). The van der Waals surface area contributed by atoms with Crippen molar-refractivity contribution < 1.29 is 14.4 Å². The molecule has 0 spiro atoms. The first-order chi connectivity index (χ1) is 26.2. The summed E-state index contributed by atoms with van der Waals surface area (Å²) in [5.41, 5.74) is 5.45. The Morgan fingerprint density at radius 2 is 1.76 bits per heavy atom. The maximum atomic E-state index is 13.6. The molecule has 8 heterocycles. The van der Waals surface area contributed by atoms with E-state index in [0.29, 0.717) is 44.6 Å². The zero-order chi connectivity index (χ0) is 37.3. The summed E-state index contributed by atoms with van der Waals surface area (Å²) in [6.45, 7) is 8.25. The van der Waals surface area contributed by atoms with Gasteiger partial charge in [-0.05, 0) is 69.0 Å². The Bertz CT molecular complexity index is 2250. The van der Waals surface area contributed by atoms with E-state index in [1.807, 2.05) is 41.4 Å². The Hall–Kier alpha value is -5.95. The average Bonchev–Trinajstić information content (AvgIpc) is 3.86. The number of nitrogens with zero attached hydrogens (tertiary/aromatic N) is 10. The first kappa shape index (κ1) is 35.1. The molecule has 3 saturated heterocycles. The van der Waals surface area contributed by atoms with Crippen LogP contribution >= 0.6 is 11.3 Å². The molecule has 5 aromatic heterocycles. The van der Waals surface area contributed by atoms with Crippen LogP contribution in [0.15, 0.2) is 55.0 Å². The maximum absolute atomic E-state index is 13.6. The fourth-order valence-electron chi connectivity index (χ4n) is 7.44. The highest BCUT2D eigenvalue weighted by atomic mass is 32.1. The van der Waals surface area contributed by atoms with Gasteiger partial charge in [0.15, 0.2) is 5.01 Å². The average molecular weight is 745 g/mol. The van der Waals surface area contributed by atoms with Gasteiger partial charge in [0, 0.05) is 75.7 Å². The number of pyridine rings is 2. The minimum absolute atomic E-state index is 0.0263. The molecule has 0 aromatic carbocycles. The largest absolute Gasteiger partial charge is 0.382 e. The summed E-state index contributed by atoms with van der Waals surface area (Å²) >= 11 is 1.52. The maximum Gasteiger partial charge on any atom is 0.234 e. The van der Waals surface area contributed by atoms with Crippen molar-refractivity contribution >= 4 is 51.2 Å². The van der Waals surface area contributed by atoms with Crippen molar-refractivity contribution in [2.24, 2.45) is 5.92 Å². The summed E-state index contributed by atoms with van der Waals surface area (Å²) < 4.78 is 1.78. The van der Waals surface area contributed by atoms with E-state index in [9.17, 15) is 19.6 Å². The minimum Gasteiger partial charge on any atom is -0.382 e. The number of piperidine rings is 2. The predicted molar refractivity (Wildman–Crippen MR) is 204 cm³/mol. The number of imide groups is 1. The van der Waals surface area contributed by atoms with Gasteiger partial charge < -0.3 is 20.0 Å². The van der Waals surface area contributed by atoms with Gasteiger partial charge in [0.1, 0.15) is 11.9 Å². The molecule has 3 aliphatic heterocycles. The lowest BCUT2D eigenvalue weighted by atomic mass is 9.91. The van der Waals surface area contributed by atoms with Crippen molar-refractivity contribution in [2.75, 3.05) is 54.4 Å². The van der Waals surface area contributed by atoms with Gasteiger partial charge >= 0.3 is 0 Å². The lowest BCUT2D eigenvalue weighted by Gasteiger charge is -2.38. The first-order valence-corrected chi connectivity index (χ1v) is 19.1. The second kappa shape index (κ2) is 14.8. The van der Waals surface area contributed by atoms with Gasteiger partial charge in [0.2, 0.25) is 22.9 Å². The SMILES string of the molecule is CC(C)Nc1cc(-c2ccc3cc(C#N)cnn23)ncc1-c1nnc(N2CCN(C(=O)C3CCN(c4ccc([C@H]5CCC(=O)NC5=O)cn4)CC3)CC2)s1. The highest BCUT2D eigenvalue weighted by Gasteiger charge is 2.32. The number of nitriles is 1. The lowest BCUT2D eigenvalue weighted by Crippen LogP contribution is -2.51. The third kappa shape index (κ3) is 7.06. The van der Waals surface area contributed by atoms with Crippen LogP contribution in [-0.4, -0.2) is 97.7 Å². The monoisotopic (exact) mass is 744 g/mol. The van der Waals surface area contributed by atoms with Crippen molar-refractivity contribution in [3.63, 3.8) is 0 Å². The van der Waals surface area contributed by atoms with Crippen molar-refractivity contribution in [2.45, 2.75) is 51.5 Å². The van der Waals surface area contributed by atoms with Gasteiger partial charge in [-0.2, -0.15) is 10.4 Å². The molecule has 15 nitrogen and oxygen atoms in total. The van der Waals surface area contributed by atoms with Crippen LogP contribution in [0.5, 0.6) is 0 Å². The van der Waals surface area contributed by atoms with Crippen LogP contribution in [0.25, 0.3) is 27.5 Å². The molecule has 0 radical (unpaired) electrons. The Morgan fingerprint density at radius 3 is 2.48 bits per heavy atom. The molecule has 0 bridgehead atoms. The van der Waals surface area contributed by atoms with Crippen LogP contribution in [0.2, 0.25) is 0 Å². The molecule has 1 atom stereocenters. The number of hydrogen-bond donors (Lipinski definition) is 2. The Labute approximate surface area is 316 Å². The smallest absolute Gasteiger partial charge is 0.234 e. The molecule has 0 aliphatic carbocycles. The third-order valence-corrected chi connectivity index (χ3v) is 11.3. The van der Waals surface area contributed by atoms with E-state index < -0.39 is 0 Å². The predicted octanol–water partition coefficient (Wildman–Crippen LogP) is 4.09. The summed E-state index contributed by atoms with van der Waals surface area (Å²) in [6, 6.07) is 13.8. The highest BCUT2D eigenvalue weighted by molar-refractivity contribution is 7.18. The lowest BCUT2D eigenvalue weighted by molar-refractivity contribution is -0.136. The zero-order valence-electron chi connectivity index (χ0n) is 30.1. The molecule has 3 fully saturated rings. The first-order valence-electron chi connectivity index (χ1n) is 18.3. The van der Waals surface area contributed by atoms with Gasteiger partial charge in [-0.15, -0.1) is 10.2 Å². The quantitative estimate of drug-likeness (QED) is 0.218. The molecule has 54 heavy (non-hydrogen) atoms. The molecule has 0 unspecified atom stereocenters. The molecule has 0 saturated carbocycles. The number of fused-ring (bicyclic) bond motifs is 1. The van der Waals surface area contributed by atoms with Gasteiger partial charge in [-0.25, -0.2) is 9.50 Å². The van der Waals surface area contributed by atoms with Crippen molar-refractivity contribution in [1.29, 1.82) is 5.26 Å². The third-order valence-electron chi connectivity index (χ3n) is 10.3. The second-order valence-corrected chi connectivity index (χ2v) is 15.2. The number of nitrogens with one attached hydrogen (secondary N) is 2. The van der Waals surface area contributed by atoms with E-state index in [2.05, 4.69) is 60.6 Å². The highest BCUT2D eigenvalue weighted by Crippen LogP contribution is 2.36. The number of carbonyl (C=O) groups is 3. The van der Waals surface area contributed by atoms with Crippen LogP contribution in [-0.2, 0) is 14.4 Å². The Balaban J connectivity index is 0.871. The van der Waals surface area contributed by atoms with Crippen LogP contribution in [0.1, 0.15) is 56.6 Å². The van der Waals surface area contributed by atoms with E-state index in [1.165, 1.54) is 11.3 Å². The molecular weight excluding hydrogens is 705 g/mol. The summed E-state index contributed by atoms with van der Waals surface area (Å²) in [5.74, 6) is 0.178. The number of amides is 3. The van der Waals surface area contributed by atoms with Gasteiger partial charge in [0.25, 0.3) is 0 Å². The van der Waals surface area contributed by atoms with Gasteiger partial charge in [0.05, 0.1) is 40.1 Å². The number of rotatable bonds is 8. The molecule has 5 aromatic rings. The van der Waals surface area contributed by atoms with Crippen LogP contribution < -0.4 is 20.4 Å². The number of hydrogen-bond acceptors (Lipinski definition) is 13. The Kier molecular flexibility index (Phi) is 9.63. The number of piperazine rings is 1. The molecule has 276 valence electrons. The second-order valence-electron chi connectivity index (χ2n) is 14.2. The number of carbonyl (C=O) groups excluding carboxylic acids is 3. The molecule has 2 N–H and O–H groups in total. The normalized spacial score (nSPS) is 18.3. The van der Waals surface area contributed by atoms with Crippen LogP contribution in [0, 0.1) is 17.2 Å². The summed E-state index contributed by atoms with van der Waals surface area (Å²) in [4.78, 5) is 53.2. The van der Waals surface area contributed by atoms with Crippen LogP contribution in [0.4, 0.5) is 16.6 Å². The van der Waals surface area contributed by atoms with Crippen LogP contribution in [0.3, 0.4) is 0 Å². The number of aromatic nitrogens is 6. The van der Waals surface area contributed by atoms with E-state index in [4.69, 9.17) is 4.98 Å². The van der Waals surface area contributed by atoms with Crippen molar-refractivity contribution in [1.82, 2.24) is 40.0 Å². The summed E-state index contributed by atoms with van der Waals surface area (Å²) in [5, 5.41) is 30.4. The summed E-state index contributed by atoms with van der Waals surface area (Å²) in [7, 11) is 0. The summed E-state index contributed by atoms with van der Waals surface area (Å²) in [6.07, 6.45) is 7.46. The fraction of sp³-hybridized carbons (Fsp3) is 0.395. The minimum atomic E-state index is -0.352. The van der Waals surface area contributed by atoms with E-state index in [1.54, 1.807) is 23.0 Å². The number of anilines is 3. The molecule has 3 aliphatic rings. The topological polar surface area (TPSA) is 178 Å². The van der Waals surface area contributed by atoms with E-state index in [0.717, 1.165) is 75.6 Å². The van der Waals surface area contributed by atoms with Gasteiger partial charge in [-0.3, -0.25) is 24.7 Å². The van der Waals surface area contributed by atoms with E-state index >= 15 is 0 Å². The Morgan fingerprint density at radius 1 is 0.944 bits per heavy atom. The van der Waals surface area contributed by atoms with Crippen molar-refractivity contribution in [3.05, 3.63) is 66.1 Å². The molecular formula is C38H40N12O3S. The fourth-order valence-corrected chi connectivity index (χ4v) is 8.36. The zero-order valence-corrected chi connectivity index (χ0v) is 30.9. The molecule has 16 heteroatoms. The standard InChI is InChI=1S/C38H40N12O3S/c1-23(2)43-30-18-31(32-6-4-27-17-24(19-39)20-42-50(27)32)40-22-29(30)36-45-46-38(54-36)49-15-13-48(14-16-49)37(53)25-9-11-47(12-10-25)33-7-3-26(21-41-33)28-5-8-34(51)44-35(28)52/h3-4,6-7,17-18,20-23,25,28H,5,8-16H2,1-2H3,(H,40,43)(H,44,51,52)/t28-/m1/s1.